The number of halogens is 1. The van der Waals surface area contributed by atoms with E-state index < -0.39 is 29.1 Å². The van der Waals surface area contributed by atoms with Crippen LogP contribution in [-0.4, -0.2) is 33.6 Å². The van der Waals surface area contributed by atoms with Crippen molar-refractivity contribution in [1.29, 1.82) is 0 Å². The second-order valence-electron chi connectivity index (χ2n) is 6.41. The molecule has 28 heavy (non-hydrogen) atoms. The van der Waals surface area contributed by atoms with Gasteiger partial charge >= 0.3 is 5.97 Å². The van der Waals surface area contributed by atoms with Gasteiger partial charge in [0.05, 0.1) is 5.71 Å². The Hall–Kier alpha value is -3.81. The zero-order valence-electron chi connectivity index (χ0n) is 14.4. The first kappa shape index (κ1) is 17.6. The summed E-state index contributed by atoms with van der Waals surface area (Å²) >= 11 is 0. The van der Waals surface area contributed by atoms with Crippen LogP contribution in [0.25, 0.3) is 0 Å². The monoisotopic (exact) mass is 379 g/mol. The molecule has 2 amide bonds. The summed E-state index contributed by atoms with van der Waals surface area (Å²) in [5.41, 5.74) is 0.681. The Labute approximate surface area is 158 Å². The van der Waals surface area contributed by atoms with Crippen molar-refractivity contribution in [1.82, 2.24) is 5.01 Å². The number of amides is 2. The van der Waals surface area contributed by atoms with Gasteiger partial charge in [0.15, 0.2) is 5.54 Å². The van der Waals surface area contributed by atoms with E-state index in [4.69, 9.17) is 5.11 Å². The van der Waals surface area contributed by atoms with E-state index in [9.17, 15) is 18.8 Å². The van der Waals surface area contributed by atoms with Crippen molar-refractivity contribution >= 4 is 29.2 Å². The van der Waals surface area contributed by atoms with Gasteiger partial charge in [-0.15, -0.1) is 0 Å². The number of benzene rings is 2. The van der Waals surface area contributed by atoms with Gasteiger partial charge in [0.2, 0.25) is 0 Å². The average molecular weight is 379 g/mol. The lowest BCUT2D eigenvalue weighted by Crippen LogP contribution is -2.48. The van der Waals surface area contributed by atoms with Gasteiger partial charge in [-0.25, -0.2) is 14.2 Å². The number of carboxylic acid groups (broad SMARTS) is 1. The molecule has 140 valence electrons. The molecular formula is C20H14FN3O4. The van der Waals surface area contributed by atoms with Crippen molar-refractivity contribution in [2.75, 3.05) is 5.32 Å². The molecule has 2 heterocycles. The van der Waals surface area contributed by atoms with Crippen molar-refractivity contribution in [2.24, 2.45) is 5.10 Å². The Bertz CT molecular complexity index is 1060. The van der Waals surface area contributed by atoms with Crippen LogP contribution < -0.4 is 5.32 Å². The molecule has 0 aromatic heterocycles. The maximum atomic E-state index is 13.3. The lowest BCUT2D eigenvalue weighted by molar-refractivity contribution is -0.140. The van der Waals surface area contributed by atoms with Crippen LogP contribution in [0.4, 0.5) is 10.1 Å². The van der Waals surface area contributed by atoms with E-state index in [0.717, 1.165) is 11.1 Å². The highest BCUT2D eigenvalue weighted by atomic mass is 19.1. The summed E-state index contributed by atoms with van der Waals surface area (Å²) in [6.07, 6.45) is 1.63. The second kappa shape index (κ2) is 6.41. The Kier molecular flexibility index (Phi) is 4.03. The number of carbonyl (C=O) groups excluding carboxylic acids is 2. The largest absolute Gasteiger partial charge is 0.478 e. The number of hydrogen-bond acceptors (Lipinski definition) is 4. The first-order chi connectivity index (χ1) is 13.4. The molecule has 0 fully saturated rings. The predicted molar refractivity (Wildman–Crippen MR) is 97.9 cm³/mol. The summed E-state index contributed by atoms with van der Waals surface area (Å²) < 4.78 is 13.3. The van der Waals surface area contributed by atoms with Crippen molar-refractivity contribution in [3.63, 3.8) is 0 Å². The molecule has 0 aliphatic carbocycles. The lowest BCUT2D eigenvalue weighted by atomic mass is 9.85. The molecule has 2 N–H and O–H groups in total. The zero-order chi connectivity index (χ0) is 19.9. The lowest BCUT2D eigenvalue weighted by Gasteiger charge is -2.29. The fourth-order valence-electron chi connectivity index (χ4n) is 3.50. The highest BCUT2D eigenvalue weighted by Crippen LogP contribution is 2.47. The summed E-state index contributed by atoms with van der Waals surface area (Å²) in [4.78, 5) is 36.5. The summed E-state index contributed by atoms with van der Waals surface area (Å²) in [5, 5.41) is 16.9. The van der Waals surface area contributed by atoms with E-state index in [-0.39, 0.29) is 6.42 Å². The first-order valence-electron chi connectivity index (χ1n) is 8.41. The van der Waals surface area contributed by atoms with Crippen molar-refractivity contribution in [3.8, 4) is 0 Å². The molecule has 0 radical (unpaired) electrons. The minimum Gasteiger partial charge on any atom is -0.478 e. The molecule has 2 aliphatic rings. The van der Waals surface area contributed by atoms with Crippen LogP contribution in [0, 0.1) is 5.82 Å². The van der Waals surface area contributed by atoms with E-state index in [1.165, 1.54) is 24.3 Å². The number of hydrazone groups is 1. The summed E-state index contributed by atoms with van der Waals surface area (Å²) in [6.45, 7) is 0. The van der Waals surface area contributed by atoms with E-state index in [0.29, 0.717) is 28.6 Å². The van der Waals surface area contributed by atoms with Crippen LogP contribution >= 0.6 is 0 Å². The van der Waals surface area contributed by atoms with Crippen LogP contribution in [0.3, 0.4) is 0 Å². The van der Waals surface area contributed by atoms with Crippen molar-refractivity contribution in [2.45, 2.75) is 12.0 Å². The van der Waals surface area contributed by atoms with E-state index in [2.05, 4.69) is 10.4 Å². The van der Waals surface area contributed by atoms with Gasteiger partial charge in [0, 0.05) is 29.8 Å². The molecule has 0 saturated carbocycles. The summed E-state index contributed by atoms with van der Waals surface area (Å²) in [5.74, 6) is -2.89. The van der Waals surface area contributed by atoms with Gasteiger partial charge in [-0.3, -0.25) is 9.59 Å². The van der Waals surface area contributed by atoms with E-state index in [1.807, 2.05) is 0 Å². The minimum atomic E-state index is -1.43. The molecule has 0 bridgehead atoms. The third-order valence-corrected chi connectivity index (χ3v) is 4.76. The van der Waals surface area contributed by atoms with Gasteiger partial charge in [-0.05, 0) is 23.8 Å². The number of fused-ring (bicyclic) bond motifs is 2. The van der Waals surface area contributed by atoms with Crippen molar-refractivity contribution in [3.05, 3.63) is 77.6 Å². The normalized spacial score (nSPS) is 20.4. The molecule has 0 unspecified atom stereocenters. The fraction of sp³-hybridized carbons (Fsp3) is 0.100. The smallest absolute Gasteiger partial charge is 0.328 e. The number of nitrogens with one attached hydrogen (secondary N) is 1. The van der Waals surface area contributed by atoms with Gasteiger partial charge in [0.1, 0.15) is 5.82 Å². The number of anilines is 1. The molecule has 8 heteroatoms. The van der Waals surface area contributed by atoms with Crippen LogP contribution in [-0.2, 0) is 19.9 Å². The molecule has 7 nitrogen and oxygen atoms in total. The number of carboxylic acids is 1. The molecule has 1 spiro atoms. The number of nitrogens with zero attached hydrogens (tertiary/aromatic N) is 2. The molecule has 4 rings (SSSR count). The highest BCUT2D eigenvalue weighted by Gasteiger charge is 2.57. The quantitative estimate of drug-likeness (QED) is 0.799. The van der Waals surface area contributed by atoms with Gasteiger partial charge in [0.25, 0.3) is 11.8 Å². The summed E-state index contributed by atoms with van der Waals surface area (Å²) in [6, 6.07) is 12.5. The number of carbonyl (C=O) groups is 3. The number of aliphatic carboxylic acids is 1. The molecule has 2 aliphatic heterocycles. The highest BCUT2D eigenvalue weighted by molar-refractivity contribution is 6.15. The number of para-hydroxylation sites is 1. The Morgan fingerprint density at radius 2 is 1.86 bits per heavy atom. The Morgan fingerprint density at radius 3 is 2.57 bits per heavy atom. The minimum absolute atomic E-state index is 0.0775. The van der Waals surface area contributed by atoms with E-state index >= 15 is 0 Å². The van der Waals surface area contributed by atoms with Gasteiger partial charge < -0.3 is 10.4 Å². The molecule has 1 atom stereocenters. The fourth-order valence-corrected chi connectivity index (χ4v) is 3.50. The molecule has 0 saturated heterocycles. The third kappa shape index (κ3) is 2.66. The third-order valence-electron chi connectivity index (χ3n) is 4.76. The van der Waals surface area contributed by atoms with E-state index in [1.54, 1.807) is 24.3 Å². The number of rotatable bonds is 3. The maximum absolute atomic E-state index is 13.3. The van der Waals surface area contributed by atoms with Crippen LogP contribution in [0.15, 0.2) is 65.8 Å². The van der Waals surface area contributed by atoms with Gasteiger partial charge in [-0.1, -0.05) is 30.3 Å². The zero-order valence-corrected chi connectivity index (χ0v) is 14.4. The molecular weight excluding hydrogens is 365 g/mol. The number of hydrogen-bond donors (Lipinski definition) is 2. The predicted octanol–water partition coefficient (Wildman–Crippen LogP) is 2.25. The second-order valence-corrected chi connectivity index (χ2v) is 6.41. The topological polar surface area (TPSA) is 99.1 Å². The molecule has 2 aromatic rings. The van der Waals surface area contributed by atoms with Crippen LogP contribution in [0.1, 0.15) is 17.5 Å². The SMILES string of the molecule is O=C(O)/C=C/C(=O)N1N=C(c2ccc(F)cc2)C[C@@]12C(=O)Nc1ccccc12. The van der Waals surface area contributed by atoms with Gasteiger partial charge in [-0.2, -0.15) is 5.10 Å². The van der Waals surface area contributed by atoms with Crippen LogP contribution in [0.5, 0.6) is 0 Å². The molecule has 2 aromatic carbocycles. The van der Waals surface area contributed by atoms with Crippen molar-refractivity contribution < 1.29 is 23.9 Å². The van der Waals surface area contributed by atoms with Crippen LogP contribution in [0.2, 0.25) is 0 Å². The average Bonchev–Trinajstić information content (AvgIpc) is 3.21. The first-order valence-corrected chi connectivity index (χ1v) is 8.41. The Morgan fingerprint density at radius 1 is 1.14 bits per heavy atom. The summed E-state index contributed by atoms with van der Waals surface area (Å²) in [7, 11) is 0. The standard InChI is InChI=1S/C20H14FN3O4/c21-13-7-5-12(6-8-13)16-11-20(24(23-16)17(25)9-10-18(26)27)14-3-1-2-4-15(14)22-19(20)28/h1-10H,11H2,(H,22,28)(H,26,27)/b10-9+/t20-/m1/s1. The Balaban J connectivity index is 1.84. The maximum Gasteiger partial charge on any atom is 0.328 e.